The maximum atomic E-state index is 3.11. The van der Waals surface area contributed by atoms with E-state index in [1.807, 2.05) is 7.05 Å². The first-order valence-corrected chi connectivity index (χ1v) is 25.9. The molecule has 0 saturated carbocycles. The fourth-order valence-electron chi connectivity index (χ4n) is 10.3. The Morgan fingerprint density at radius 3 is 2.19 bits per heavy atom. The maximum Gasteiger partial charge on any atom is 0.279 e. The Morgan fingerprint density at radius 1 is 0.754 bits per heavy atom. The van der Waals surface area contributed by atoms with Crippen LogP contribution in [0.5, 0.6) is 0 Å². The first kappa shape index (κ1) is 49.6. The third-order valence-electron chi connectivity index (χ3n) is 14.5. The number of benzene rings is 4. The Bertz CT molecular complexity index is 2860. The number of hydrogen-bond acceptors (Lipinski definition) is 2. The van der Waals surface area contributed by atoms with Crippen molar-refractivity contribution in [1.82, 2.24) is 0 Å². The van der Waals surface area contributed by atoms with E-state index < -0.39 is 0 Å². The predicted molar refractivity (Wildman–Crippen MR) is 303 cm³/mol. The van der Waals surface area contributed by atoms with Crippen LogP contribution >= 0.6 is 0 Å². The van der Waals surface area contributed by atoms with Crippen molar-refractivity contribution in [3.63, 3.8) is 0 Å². The minimum Gasteiger partial charge on any atom is -0.388 e. The van der Waals surface area contributed by atoms with Crippen molar-refractivity contribution in [2.24, 2.45) is 0 Å². The van der Waals surface area contributed by atoms with Gasteiger partial charge >= 0.3 is 0 Å². The number of anilines is 2. The lowest BCUT2D eigenvalue weighted by Gasteiger charge is -2.35. The second-order valence-electron chi connectivity index (χ2n) is 22.7. The normalized spacial score (nSPS) is 17.9. The van der Waals surface area contributed by atoms with Crippen LogP contribution in [0.4, 0.5) is 11.4 Å². The highest BCUT2D eigenvalue weighted by atomic mass is 15.3. The van der Waals surface area contributed by atoms with Crippen LogP contribution < -0.4 is 10.2 Å². The average Bonchev–Trinajstić information content (AvgIpc) is 3.72. The van der Waals surface area contributed by atoms with E-state index in [-0.39, 0.29) is 22.3 Å². The van der Waals surface area contributed by atoms with Gasteiger partial charge in [0.1, 0.15) is 18.3 Å². The van der Waals surface area contributed by atoms with Crippen molar-refractivity contribution >= 4 is 46.4 Å². The lowest BCUT2D eigenvalue weighted by molar-refractivity contribution is -0.457. The van der Waals surface area contributed by atoms with Crippen LogP contribution in [-0.4, -0.2) is 37.3 Å². The Hall–Kier alpha value is -5.87. The van der Waals surface area contributed by atoms with Crippen LogP contribution in [0, 0.1) is 0 Å². The van der Waals surface area contributed by atoms with E-state index in [4.69, 9.17) is 0 Å². The van der Waals surface area contributed by atoms with Crippen molar-refractivity contribution < 1.29 is 4.58 Å². The van der Waals surface area contributed by atoms with Crippen LogP contribution in [0.15, 0.2) is 169 Å². The standard InChI is InChI=1S/C54H61BN2.C11H17N/c1-8-55-50-37-56(31-17-10-9-12-20-38-21-13-11-14-22-38)52(50)57(51-36-43(54(5,6)7)32-41-29-30-42(35-48(41)51)53(2,3)4)44-25-18-24-39(33-44)46-27-19-28-47-45-26-16-15-23-40(45)34-49(46)47;1-11(2,3)9-5-7-10(12-4)8-6-9/h9-13,15,17-19,21,23-25,27-30,32,35-37,44H,8,14,16,20,22,26,31,33-34H2,1-7H3;5-8,12H,1-4H3/q+1;/b12-9-,17-10-;. The summed E-state index contributed by atoms with van der Waals surface area (Å²) in [6, 6.07) is 27.9. The summed E-state index contributed by atoms with van der Waals surface area (Å²) >= 11 is 0. The van der Waals surface area contributed by atoms with E-state index >= 15 is 0 Å². The molecule has 69 heavy (non-hydrogen) atoms. The molecule has 0 saturated heterocycles. The van der Waals surface area contributed by atoms with E-state index in [1.165, 1.54) is 90.0 Å². The number of rotatable bonds is 11. The van der Waals surface area contributed by atoms with Crippen molar-refractivity contribution in [2.75, 3.05) is 23.8 Å². The van der Waals surface area contributed by atoms with E-state index in [0.717, 1.165) is 51.4 Å². The topological polar surface area (TPSA) is 18.3 Å². The van der Waals surface area contributed by atoms with Crippen LogP contribution in [0.3, 0.4) is 0 Å². The number of amidine groups is 1. The summed E-state index contributed by atoms with van der Waals surface area (Å²) in [6.45, 7) is 23.8. The summed E-state index contributed by atoms with van der Waals surface area (Å²) in [5, 5.41) is 5.74. The van der Waals surface area contributed by atoms with Gasteiger partial charge in [0.05, 0.1) is 6.20 Å². The van der Waals surface area contributed by atoms with Gasteiger partial charge in [-0.15, -0.1) is 0 Å². The molecule has 9 rings (SSSR count). The summed E-state index contributed by atoms with van der Waals surface area (Å²) in [7, 11) is 4.36. The Kier molecular flexibility index (Phi) is 15.1. The molecule has 1 heterocycles. The molecular formula is C65H78BN3+. The molecule has 1 unspecified atom stereocenters. The third kappa shape index (κ3) is 11.4. The molecule has 4 heteroatoms. The number of fused-ring (bicyclic) bond motifs is 3. The van der Waals surface area contributed by atoms with Crippen LogP contribution in [-0.2, 0) is 22.7 Å². The van der Waals surface area contributed by atoms with Gasteiger partial charge in [-0.2, -0.15) is 0 Å². The van der Waals surface area contributed by atoms with Crippen LogP contribution in [0.1, 0.15) is 141 Å². The summed E-state index contributed by atoms with van der Waals surface area (Å²) in [6.07, 6.45) is 38.8. The fraction of sp³-hybridized carbons (Fsp3) is 0.369. The molecule has 4 aliphatic carbocycles. The molecule has 0 aromatic heterocycles. The molecule has 1 atom stereocenters. The lowest BCUT2D eigenvalue weighted by atomic mass is 9.64. The van der Waals surface area contributed by atoms with Crippen molar-refractivity contribution in [1.29, 1.82) is 0 Å². The molecule has 0 fully saturated rings. The van der Waals surface area contributed by atoms with E-state index in [9.17, 15) is 0 Å². The van der Waals surface area contributed by atoms with Gasteiger partial charge in [-0.05, 0) is 147 Å². The van der Waals surface area contributed by atoms with E-state index in [1.54, 1.807) is 5.57 Å². The quantitative estimate of drug-likeness (QED) is 0.0918. The molecule has 0 bridgehead atoms. The number of nitrogens with one attached hydrogen (secondary N) is 1. The van der Waals surface area contributed by atoms with E-state index in [0.29, 0.717) is 0 Å². The largest absolute Gasteiger partial charge is 0.388 e. The smallest absolute Gasteiger partial charge is 0.279 e. The maximum absolute atomic E-state index is 3.11. The van der Waals surface area contributed by atoms with Gasteiger partial charge in [0, 0.05) is 30.0 Å². The second kappa shape index (κ2) is 21.0. The Balaban J connectivity index is 0.000000468. The van der Waals surface area contributed by atoms with Crippen LogP contribution in [0.25, 0.3) is 21.9 Å². The average molecular weight is 912 g/mol. The van der Waals surface area contributed by atoms with Gasteiger partial charge in [-0.1, -0.05) is 190 Å². The van der Waals surface area contributed by atoms with Crippen LogP contribution in [0.2, 0.25) is 6.32 Å². The summed E-state index contributed by atoms with van der Waals surface area (Å²) in [5.41, 5.74) is 18.6. The van der Waals surface area contributed by atoms with Gasteiger partial charge in [0.15, 0.2) is 7.28 Å². The zero-order valence-corrected chi connectivity index (χ0v) is 43.8. The van der Waals surface area contributed by atoms with Gasteiger partial charge in [-0.25, -0.2) is 9.48 Å². The molecular weight excluding hydrogens is 834 g/mol. The molecule has 3 nitrogen and oxygen atoms in total. The first-order valence-electron chi connectivity index (χ1n) is 25.9. The van der Waals surface area contributed by atoms with Gasteiger partial charge in [0.2, 0.25) is 0 Å². The zero-order chi connectivity index (χ0) is 48.9. The highest BCUT2D eigenvalue weighted by Gasteiger charge is 2.41. The second-order valence-corrected chi connectivity index (χ2v) is 22.7. The number of hydrogen-bond donors (Lipinski definition) is 1. The minimum absolute atomic E-state index is 0.00681. The van der Waals surface area contributed by atoms with Gasteiger partial charge < -0.3 is 5.32 Å². The number of allylic oxidation sites excluding steroid dienone is 13. The van der Waals surface area contributed by atoms with Gasteiger partial charge in [-0.3, -0.25) is 0 Å². The van der Waals surface area contributed by atoms with E-state index in [2.05, 4.69) is 243 Å². The number of nitrogens with zero attached hydrogens (tertiary/aromatic N) is 2. The Morgan fingerprint density at radius 2 is 1.48 bits per heavy atom. The third-order valence-corrected chi connectivity index (χ3v) is 14.5. The summed E-state index contributed by atoms with van der Waals surface area (Å²) in [5.74, 6) is 1.30. The van der Waals surface area contributed by atoms with Crippen molar-refractivity contribution in [3.8, 4) is 0 Å². The van der Waals surface area contributed by atoms with Crippen molar-refractivity contribution in [3.05, 3.63) is 202 Å². The molecule has 4 aromatic rings. The molecule has 5 aliphatic rings. The lowest BCUT2D eigenvalue weighted by Crippen LogP contribution is -2.50. The molecule has 1 aliphatic heterocycles. The summed E-state index contributed by atoms with van der Waals surface area (Å²) in [4.78, 5) is 2.72. The van der Waals surface area contributed by atoms with Gasteiger partial charge in [0.25, 0.3) is 5.84 Å². The first-order chi connectivity index (χ1) is 33.0. The molecule has 4 aromatic carbocycles. The predicted octanol–water partition coefficient (Wildman–Crippen LogP) is 16.5. The Labute approximate surface area is 417 Å². The molecule has 1 N–H and O–H groups in total. The zero-order valence-electron chi connectivity index (χ0n) is 43.8. The molecule has 355 valence electrons. The SMILES string of the molecule is CC[B]C1=C[N+](C/C=C\C=C/CC2=CC=CCC2)=C1N(c1cc(C(C)(C)C)cc2ccc(C(C)(C)C)cc12)C1C=CC=C(c2cccc3c2CC2=C3CCC=C2)C1.CNc1ccc(C(C)(C)C)cc1. The summed E-state index contributed by atoms with van der Waals surface area (Å²) < 4.78 is 2.49. The highest BCUT2D eigenvalue weighted by Crippen LogP contribution is 2.45. The molecule has 0 amide bonds. The minimum atomic E-state index is -0.00681. The van der Waals surface area contributed by atoms with Crippen molar-refractivity contribution in [2.45, 2.75) is 143 Å². The highest BCUT2D eigenvalue weighted by molar-refractivity contribution is 6.56. The molecule has 0 spiro atoms. The molecule has 1 radical (unpaired) electrons. The fourth-order valence-corrected chi connectivity index (χ4v) is 10.3. The monoisotopic (exact) mass is 912 g/mol.